The van der Waals surface area contributed by atoms with Gasteiger partial charge in [0, 0.05) is 18.3 Å². The summed E-state index contributed by atoms with van der Waals surface area (Å²) in [6.45, 7) is 5.81. The van der Waals surface area contributed by atoms with Crippen molar-refractivity contribution in [3.05, 3.63) is 54.2 Å². The first kappa shape index (κ1) is 15.7. The van der Waals surface area contributed by atoms with Crippen LogP contribution in [0.25, 0.3) is 11.4 Å². The molecule has 2 aromatic heterocycles. The van der Waals surface area contributed by atoms with Crippen LogP contribution in [0.2, 0.25) is 0 Å². The average molecular weight is 334 g/mol. The predicted molar refractivity (Wildman–Crippen MR) is 97.3 cm³/mol. The van der Waals surface area contributed by atoms with Crippen molar-refractivity contribution in [3.8, 4) is 11.4 Å². The lowest BCUT2D eigenvalue weighted by Crippen LogP contribution is -2.34. The fourth-order valence-electron chi connectivity index (χ4n) is 3.50. The van der Waals surface area contributed by atoms with Crippen LogP contribution in [0, 0.1) is 13.8 Å². The molecule has 0 amide bonds. The molecule has 25 heavy (non-hydrogen) atoms. The number of aromatic nitrogens is 5. The summed E-state index contributed by atoms with van der Waals surface area (Å²) in [6, 6.07) is 12.5. The van der Waals surface area contributed by atoms with E-state index in [-0.39, 0.29) is 0 Å². The van der Waals surface area contributed by atoms with E-state index < -0.39 is 0 Å². The molecule has 1 fully saturated rings. The summed E-state index contributed by atoms with van der Waals surface area (Å²) in [6.07, 6.45) is 4.16. The van der Waals surface area contributed by atoms with Crippen molar-refractivity contribution in [1.29, 1.82) is 0 Å². The minimum absolute atomic E-state index is 0.387. The van der Waals surface area contributed by atoms with Gasteiger partial charge in [-0.15, -0.1) is 0 Å². The maximum absolute atomic E-state index is 4.81. The minimum Gasteiger partial charge on any atom is -0.352 e. The summed E-state index contributed by atoms with van der Waals surface area (Å²) in [5.74, 6) is 3.56. The second-order valence-electron chi connectivity index (χ2n) is 6.48. The van der Waals surface area contributed by atoms with Crippen LogP contribution < -0.4 is 4.90 Å². The topological polar surface area (TPSA) is 59.7 Å². The van der Waals surface area contributed by atoms with Gasteiger partial charge < -0.3 is 4.90 Å². The maximum atomic E-state index is 4.81. The molecular formula is C19H22N6. The van der Waals surface area contributed by atoms with E-state index in [1.807, 2.05) is 61.1 Å². The number of benzene rings is 1. The number of hydrogen-bond donors (Lipinski definition) is 0. The van der Waals surface area contributed by atoms with Crippen LogP contribution in [0.4, 0.5) is 5.82 Å². The first-order chi connectivity index (χ1) is 12.2. The maximum Gasteiger partial charge on any atom is 0.161 e. The molecule has 1 saturated heterocycles. The van der Waals surface area contributed by atoms with Crippen molar-refractivity contribution in [1.82, 2.24) is 24.7 Å². The van der Waals surface area contributed by atoms with Crippen LogP contribution in [0.5, 0.6) is 0 Å². The van der Waals surface area contributed by atoms with Gasteiger partial charge in [0.25, 0.3) is 0 Å². The highest BCUT2D eigenvalue weighted by Crippen LogP contribution is 2.26. The standard InChI is InChI=1S/C19H22N6/c1-14-21-15(2)25(23-14)13-17-9-6-12-24(17)18-10-11-20-19(22-18)16-7-4-3-5-8-16/h3-5,7-8,10-11,17H,6,9,12-13H2,1-2H3/t17-/m1/s1. The molecule has 0 unspecified atom stereocenters. The fraction of sp³-hybridized carbons (Fsp3) is 0.368. The summed E-state index contributed by atoms with van der Waals surface area (Å²) in [4.78, 5) is 16.0. The second-order valence-corrected chi connectivity index (χ2v) is 6.48. The molecule has 3 aromatic rings. The number of anilines is 1. The van der Waals surface area contributed by atoms with Gasteiger partial charge in [0.05, 0.1) is 12.6 Å². The second kappa shape index (κ2) is 6.63. The zero-order valence-corrected chi connectivity index (χ0v) is 14.6. The predicted octanol–water partition coefficient (Wildman–Crippen LogP) is 3.02. The molecule has 0 N–H and O–H groups in total. The molecule has 1 aliphatic heterocycles. The lowest BCUT2D eigenvalue weighted by molar-refractivity contribution is 0.495. The molecule has 1 atom stereocenters. The van der Waals surface area contributed by atoms with Crippen LogP contribution in [-0.2, 0) is 6.54 Å². The van der Waals surface area contributed by atoms with Gasteiger partial charge in [0.15, 0.2) is 5.82 Å². The van der Waals surface area contributed by atoms with Crippen molar-refractivity contribution in [2.24, 2.45) is 0 Å². The Morgan fingerprint density at radius 1 is 1.08 bits per heavy atom. The van der Waals surface area contributed by atoms with E-state index in [0.29, 0.717) is 6.04 Å². The van der Waals surface area contributed by atoms with Crippen molar-refractivity contribution >= 4 is 5.82 Å². The summed E-state index contributed by atoms with van der Waals surface area (Å²) >= 11 is 0. The van der Waals surface area contributed by atoms with Gasteiger partial charge in [-0.05, 0) is 32.8 Å². The Labute approximate surface area is 147 Å². The van der Waals surface area contributed by atoms with Crippen LogP contribution in [0.15, 0.2) is 42.6 Å². The highest BCUT2D eigenvalue weighted by Gasteiger charge is 2.27. The van der Waals surface area contributed by atoms with Gasteiger partial charge in [0.2, 0.25) is 0 Å². The van der Waals surface area contributed by atoms with Crippen LogP contribution in [0.1, 0.15) is 24.5 Å². The first-order valence-corrected chi connectivity index (χ1v) is 8.74. The molecule has 128 valence electrons. The normalized spacial score (nSPS) is 17.2. The van der Waals surface area contributed by atoms with Crippen molar-refractivity contribution < 1.29 is 0 Å². The van der Waals surface area contributed by atoms with E-state index in [4.69, 9.17) is 4.98 Å². The van der Waals surface area contributed by atoms with Crippen LogP contribution in [0.3, 0.4) is 0 Å². The van der Waals surface area contributed by atoms with E-state index in [1.54, 1.807) is 0 Å². The first-order valence-electron chi connectivity index (χ1n) is 8.74. The Morgan fingerprint density at radius 2 is 1.92 bits per heavy atom. The summed E-state index contributed by atoms with van der Waals surface area (Å²) in [5, 5.41) is 4.51. The smallest absolute Gasteiger partial charge is 0.161 e. The average Bonchev–Trinajstić information content (AvgIpc) is 3.22. The molecule has 0 radical (unpaired) electrons. The SMILES string of the molecule is Cc1nc(C)n(C[C@H]2CCCN2c2ccnc(-c3ccccc3)n2)n1. The molecule has 0 saturated carbocycles. The molecule has 1 aromatic carbocycles. The van der Waals surface area contributed by atoms with Gasteiger partial charge >= 0.3 is 0 Å². The summed E-state index contributed by atoms with van der Waals surface area (Å²) in [7, 11) is 0. The van der Waals surface area contributed by atoms with E-state index in [1.165, 1.54) is 6.42 Å². The molecule has 1 aliphatic rings. The van der Waals surface area contributed by atoms with Crippen LogP contribution >= 0.6 is 0 Å². The minimum atomic E-state index is 0.387. The van der Waals surface area contributed by atoms with Gasteiger partial charge in [-0.25, -0.2) is 19.6 Å². The lowest BCUT2D eigenvalue weighted by atomic mass is 10.2. The highest BCUT2D eigenvalue weighted by molar-refractivity contribution is 5.57. The quantitative estimate of drug-likeness (QED) is 0.734. The highest BCUT2D eigenvalue weighted by atomic mass is 15.4. The number of hydrogen-bond acceptors (Lipinski definition) is 5. The monoisotopic (exact) mass is 334 g/mol. The molecular weight excluding hydrogens is 312 g/mol. The zero-order chi connectivity index (χ0) is 17.2. The Kier molecular flexibility index (Phi) is 4.17. The van der Waals surface area contributed by atoms with Crippen LogP contribution in [-0.4, -0.2) is 37.3 Å². The number of nitrogens with zero attached hydrogens (tertiary/aromatic N) is 6. The van der Waals surface area contributed by atoms with E-state index in [2.05, 4.69) is 20.0 Å². The summed E-state index contributed by atoms with van der Waals surface area (Å²) < 4.78 is 2.01. The Hall–Kier alpha value is -2.76. The number of rotatable bonds is 4. The molecule has 0 bridgehead atoms. The van der Waals surface area contributed by atoms with Gasteiger partial charge in [0.1, 0.15) is 17.5 Å². The van der Waals surface area contributed by atoms with Crippen molar-refractivity contribution in [2.45, 2.75) is 39.3 Å². The third-order valence-electron chi connectivity index (χ3n) is 4.69. The van der Waals surface area contributed by atoms with Crippen molar-refractivity contribution in [2.75, 3.05) is 11.4 Å². The molecule has 0 spiro atoms. The fourth-order valence-corrected chi connectivity index (χ4v) is 3.50. The van der Waals surface area contributed by atoms with E-state index in [0.717, 1.165) is 48.4 Å². The molecule has 4 rings (SSSR count). The van der Waals surface area contributed by atoms with Gasteiger partial charge in [-0.1, -0.05) is 30.3 Å². The van der Waals surface area contributed by atoms with Gasteiger partial charge in [-0.2, -0.15) is 5.10 Å². The third-order valence-corrected chi connectivity index (χ3v) is 4.69. The molecule has 3 heterocycles. The lowest BCUT2D eigenvalue weighted by Gasteiger charge is -2.26. The number of aryl methyl sites for hydroxylation is 2. The van der Waals surface area contributed by atoms with E-state index >= 15 is 0 Å². The van der Waals surface area contributed by atoms with Crippen molar-refractivity contribution in [3.63, 3.8) is 0 Å². The molecule has 0 aliphatic carbocycles. The Bertz CT molecular complexity index is 857. The van der Waals surface area contributed by atoms with E-state index in [9.17, 15) is 0 Å². The third kappa shape index (κ3) is 3.24. The largest absolute Gasteiger partial charge is 0.352 e. The zero-order valence-electron chi connectivity index (χ0n) is 14.6. The van der Waals surface area contributed by atoms with Gasteiger partial charge in [-0.3, -0.25) is 0 Å². The summed E-state index contributed by atoms with van der Waals surface area (Å²) in [5.41, 5.74) is 1.04. The Balaban J connectivity index is 1.59. The Morgan fingerprint density at radius 3 is 2.68 bits per heavy atom. The molecule has 6 heteroatoms. The molecule has 6 nitrogen and oxygen atoms in total.